The molecule has 240 valence electrons. The number of hydrogen-bond acceptors (Lipinski definition) is 3. The van der Waals surface area contributed by atoms with E-state index in [0.29, 0.717) is 0 Å². The molecule has 0 saturated heterocycles. The van der Waals surface area contributed by atoms with Crippen LogP contribution in [0, 0.1) is 0 Å². The van der Waals surface area contributed by atoms with Gasteiger partial charge in [-0.05, 0) is 88.0 Å². The average Bonchev–Trinajstić information content (AvgIpc) is 3.76. The van der Waals surface area contributed by atoms with Crippen LogP contribution in [0.25, 0.3) is 77.3 Å². The molecule has 0 unspecified atom stereocenters. The van der Waals surface area contributed by atoms with E-state index in [1.807, 2.05) is 12.1 Å². The number of anilines is 3. The van der Waals surface area contributed by atoms with E-state index in [0.717, 1.165) is 72.1 Å². The first-order valence-corrected chi connectivity index (χ1v) is 17.3. The zero-order chi connectivity index (χ0) is 33.7. The summed E-state index contributed by atoms with van der Waals surface area (Å²) in [7, 11) is 0. The second kappa shape index (κ2) is 11.9. The number of rotatable bonds is 6. The van der Waals surface area contributed by atoms with Gasteiger partial charge in [-0.15, -0.1) is 0 Å². The summed E-state index contributed by atoms with van der Waals surface area (Å²) in [6, 6.07) is 66.0. The van der Waals surface area contributed by atoms with Gasteiger partial charge < -0.3 is 13.7 Å². The fourth-order valence-electron chi connectivity index (χ4n) is 7.46. The summed E-state index contributed by atoms with van der Waals surface area (Å²) in [5.74, 6) is 0. The topological polar surface area (TPSA) is 29.5 Å². The molecule has 0 aliphatic rings. The summed E-state index contributed by atoms with van der Waals surface area (Å²) < 4.78 is 13.2. The minimum atomic E-state index is 0.828. The first kappa shape index (κ1) is 29.1. The molecule has 8 aromatic carbocycles. The van der Waals surface area contributed by atoms with Crippen LogP contribution in [0.5, 0.6) is 0 Å². The second-order valence-electron chi connectivity index (χ2n) is 12.9. The zero-order valence-corrected chi connectivity index (χ0v) is 27.7. The van der Waals surface area contributed by atoms with Crippen molar-refractivity contribution in [3.63, 3.8) is 0 Å². The molecule has 10 aromatic rings. The highest BCUT2D eigenvalue weighted by atomic mass is 16.3. The molecule has 0 bridgehead atoms. The van der Waals surface area contributed by atoms with E-state index in [4.69, 9.17) is 8.83 Å². The lowest BCUT2D eigenvalue weighted by molar-refractivity contribution is 0.664. The molecule has 2 heterocycles. The fourth-order valence-corrected chi connectivity index (χ4v) is 7.46. The van der Waals surface area contributed by atoms with Gasteiger partial charge in [-0.1, -0.05) is 133 Å². The third-order valence-electron chi connectivity index (χ3n) is 9.88. The second-order valence-corrected chi connectivity index (χ2v) is 12.9. The molecular weight excluding hydrogens is 623 g/mol. The SMILES string of the molecule is c1ccc(-c2ccc(N(c3ccc(-c4ccccc4)cc3)c3cccc4oc5cc6c(cc5c34)oc3cccc(-c4ccccc4)c36)cc2)cc1. The molecule has 0 aliphatic heterocycles. The van der Waals surface area contributed by atoms with Crippen molar-refractivity contribution in [3.05, 3.63) is 188 Å². The monoisotopic (exact) mass is 653 g/mol. The molecule has 0 saturated carbocycles. The van der Waals surface area contributed by atoms with Crippen molar-refractivity contribution in [1.29, 1.82) is 0 Å². The Balaban J connectivity index is 1.17. The molecule has 0 aliphatic carbocycles. The number of benzene rings is 8. The molecule has 0 amide bonds. The summed E-state index contributed by atoms with van der Waals surface area (Å²) in [5.41, 5.74) is 13.5. The van der Waals surface area contributed by atoms with Gasteiger partial charge in [-0.3, -0.25) is 0 Å². The minimum absolute atomic E-state index is 0.828. The average molecular weight is 654 g/mol. The van der Waals surface area contributed by atoms with E-state index in [-0.39, 0.29) is 0 Å². The first-order valence-electron chi connectivity index (χ1n) is 17.3. The molecule has 0 fully saturated rings. The Hall–Kier alpha value is -6.84. The molecule has 0 spiro atoms. The number of nitrogens with zero attached hydrogens (tertiary/aromatic N) is 1. The molecule has 10 rings (SSSR count). The maximum absolute atomic E-state index is 6.67. The van der Waals surface area contributed by atoms with Gasteiger partial charge in [0.1, 0.15) is 22.3 Å². The number of fused-ring (bicyclic) bond motifs is 6. The number of furan rings is 2. The Morgan fingerprint density at radius 3 is 1.27 bits per heavy atom. The minimum Gasteiger partial charge on any atom is -0.456 e. The van der Waals surface area contributed by atoms with Gasteiger partial charge in [-0.25, -0.2) is 0 Å². The Morgan fingerprint density at radius 1 is 0.314 bits per heavy atom. The van der Waals surface area contributed by atoms with Crippen LogP contribution >= 0.6 is 0 Å². The van der Waals surface area contributed by atoms with E-state index in [9.17, 15) is 0 Å². The molecule has 3 nitrogen and oxygen atoms in total. The highest BCUT2D eigenvalue weighted by Gasteiger charge is 2.22. The van der Waals surface area contributed by atoms with Crippen molar-refractivity contribution in [1.82, 2.24) is 0 Å². The first-order chi connectivity index (χ1) is 25.3. The van der Waals surface area contributed by atoms with Gasteiger partial charge >= 0.3 is 0 Å². The normalized spacial score (nSPS) is 11.5. The van der Waals surface area contributed by atoms with Crippen LogP contribution in [-0.4, -0.2) is 0 Å². The molecule has 0 radical (unpaired) electrons. The van der Waals surface area contributed by atoms with Crippen LogP contribution in [0.15, 0.2) is 197 Å². The van der Waals surface area contributed by atoms with Crippen molar-refractivity contribution in [2.24, 2.45) is 0 Å². The maximum atomic E-state index is 6.67. The van der Waals surface area contributed by atoms with Crippen molar-refractivity contribution in [2.75, 3.05) is 4.90 Å². The summed E-state index contributed by atoms with van der Waals surface area (Å²) in [6.07, 6.45) is 0. The maximum Gasteiger partial charge on any atom is 0.137 e. The molecular formula is C48H31NO2. The van der Waals surface area contributed by atoms with E-state index < -0.39 is 0 Å². The molecule has 51 heavy (non-hydrogen) atoms. The smallest absolute Gasteiger partial charge is 0.137 e. The lowest BCUT2D eigenvalue weighted by Crippen LogP contribution is -2.10. The van der Waals surface area contributed by atoms with Crippen LogP contribution in [0.4, 0.5) is 17.1 Å². The van der Waals surface area contributed by atoms with Gasteiger partial charge in [-0.2, -0.15) is 0 Å². The largest absolute Gasteiger partial charge is 0.456 e. The Kier molecular flexibility index (Phi) is 6.81. The highest BCUT2D eigenvalue weighted by Crippen LogP contribution is 2.46. The van der Waals surface area contributed by atoms with Gasteiger partial charge in [0.2, 0.25) is 0 Å². The molecule has 2 aromatic heterocycles. The van der Waals surface area contributed by atoms with Crippen molar-refractivity contribution in [2.45, 2.75) is 0 Å². The third kappa shape index (κ3) is 4.98. The third-order valence-corrected chi connectivity index (χ3v) is 9.88. The van der Waals surface area contributed by atoms with E-state index in [1.165, 1.54) is 22.3 Å². The van der Waals surface area contributed by atoms with Crippen molar-refractivity contribution < 1.29 is 8.83 Å². The Morgan fingerprint density at radius 2 is 0.745 bits per heavy atom. The Labute approximate surface area is 295 Å². The van der Waals surface area contributed by atoms with Gasteiger partial charge in [0.15, 0.2) is 0 Å². The standard InChI is InChI=1S/C48H31NO2/c1-4-12-32(13-5-1)34-22-26-37(27-23-34)49(38-28-24-35(25-29-38)33-14-6-2-7-15-33)42-19-11-21-44-48(42)41-31-45-40(30-46(41)51-44)47-39(18-10-20-43(47)50-45)36-16-8-3-9-17-36/h1-31H. The summed E-state index contributed by atoms with van der Waals surface area (Å²) >= 11 is 0. The lowest BCUT2D eigenvalue weighted by atomic mass is 9.99. The number of hydrogen-bond donors (Lipinski definition) is 0. The van der Waals surface area contributed by atoms with Crippen LogP contribution in [0.3, 0.4) is 0 Å². The van der Waals surface area contributed by atoms with Gasteiger partial charge in [0, 0.05) is 27.5 Å². The van der Waals surface area contributed by atoms with Gasteiger partial charge in [0.25, 0.3) is 0 Å². The Bertz CT molecular complexity index is 2730. The van der Waals surface area contributed by atoms with Crippen LogP contribution in [-0.2, 0) is 0 Å². The fraction of sp³-hybridized carbons (Fsp3) is 0. The molecule has 0 atom stereocenters. The van der Waals surface area contributed by atoms with Crippen LogP contribution in [0.2, 0.25) is 0 Å². The van der Waals surface area contributed by atoms with Crippen molar-refractivity contribution >= 4 is 60.9 Å². The van der Waals surface area contributed by atoms with Crippen LogP contribution < -0.4 is 4.90 Å². The molecule has 0 N–H and O–H groups in total. The van der Waals surface area contributed by atoms with E-state index in [2.05, 4.69) is 181 Å². The quantitative estimate of drug-likeness (QED) is 0.179. The van der Waals surface area contributed by atoms with Crippen LogP contribution in [0.1, 0.15) is 0 Å². The molecule has 3 heteroatoms. The highest BCUT2D eigenvalue weighted by molar-refractivity contribution is 6.20. The van der Waals surface area contributed by atoms with Crippen molar-refractivity contribution in [3.8, 4) is 33.4 Å². The van der Waals surface area contributed by atoms with E-state index in [1.54, 1.807) is 0 Å². The zero-order valence-electron chi connectivity index (χ0n) is 27.7. The lowest BCUT2D eigenvalue weighted by Gasteiger charge is -2.26. The predicted octanol–water partition coefficient (Wildman–Crippen LogP) is 14.0. The summed E-state index contributed by atoms with van der Waals surface area (Å²) in [5, 5.41) is 4.19. The van der Waals surface area contributed by atoms with Gasteiger partial charge in [0.05, 0.1) is 11.1 Å². The predicted molar refractivity (Wildman–Crippen MR) is 212 cm³/mol. The summed E-state index contributed by atoms with van der Waals surface area (Å²) in [6.45, 7) is 0. The van der Waals surface area contributed by atoms with E-state index >= 15 is 0 Å². The summed E-state index contributed by atoms with van der Waals surface area (Å²) in [4.78, 5) is 2.33.